The number of aromatic nitrogens is 2. The summed E-state index contributed by atoms with van der Waals surface area (Å²) >= 11 is 0. The van der Waals surface area contributed by atoms with Crippen LogP contribution < -0.4 is 0 Å². The average Bonchev–Trinajstić information content (AvgIpc) is 3.29. The van der Waals surface area contributed by atoms with Gasteiger partial charge in [0.25, 0.3) is 5.91 Å². The number of aryl methyl sites for hydroxylation is 2. The van der Waals surface area contributed by atoms with Crippen LogP contribution in [0, 0.1) is 19.8 Å². The minimum atomic E-state index is 0.117. The van der Waals surface area contributed by atoms with Gasteiger partial charge in [-0.25, -0.2) is 9.97 Å². The van der Waals surface area contributed by atoms with Crippen molar-refractivity contribution in [3.05, 3.63) is 35.2 Å². The second-order valence-corrected chi connectivity index (χ2v) is 7.02. The van der Waals surface area contributed by atoms with E-state index in [0.717, 1.165) is 61.4 Å². The van der Waals surface area contributed by atoms with Crippen LogP contribution in [0.4, 0.5) is 0 Å². The summed E-state index contributed by atoms with van der Waals surface area (Å²) in [5.74, 6) is 0.589. The van der Waals surface area contributed by atoms with Gasteiger partial charge in [-0.05, 0) is 51.3 Å². The smallest absolute Gasteiger partial charge is 0.254 e. The van der Waals surface area contributed by atoms with Crippen LogP contribution in [0.15, 0.2) is 18.2 Å². The zero-order chi connectivity index (χ0) is 16.7. The third kappa shape index (κ3) is 3.00. The number of hydrogen-bond acceptors (Lipinski definition) is 4. The molecule has 1 aromatic heterocycles. The van der Waals surface area contributed by atoms with Crippen LogP contribution in [0.3, 0.4) is 0 Å². The van der Waals surface area contributed by atoms with Crippen molar-refractivity contribution in [1.29, 1.82) is 0 Å². The zero-order valence-electron chi connectivity index (χ0n) is 14.3. The van der Waals surface area contributed by atoms with Crippen molar-refractivity contribution in [2.24, 2.45) is 5.92 Å². The van der Waals surface area contributed by atoms with Gasteiger partial charge in [0.05, 0.1) is 29.0 Å². The fraction of sp³-hybridized carbons (Fsp3) is 0.526. The summed E-state index contributed by atoms with van der Waals surface area (Å²) in [6, 6.07) is 6.08. The summed E-state index contributed by atoms with van der Waals surface area (Å²) in [7, 11) is 0. The number of fused-ring (bicyclic) bond motifs is 1. The van der Waals surface area contributed by atoms with E-state index in [9.17, 15) is 4.79 Å². The molecule has 0 spiro atoms. The summed E-state index contributed by atoms with van der Waals surface area (Å²) in [5, 5.41) is 0. The lowest BCUT2D eigenvalue weighted by molar-refractivity contribution is 0.0706. The summed E-state index contributed by atoms with van der Waals surface area (Å²) in [4.78, 5) is 24.2. The van der Waals surface area contributed by atoms with Crippen molar-refractivity contribution < 1.29 is 9.53 Å². The molecule has 2 aliphatic rings. The van der Waals surface area contributed by atoms with Crippen LogP contribution in [0.1, 0.15) is 41.0 Å². The van der Waals surface area contributed by atoms with E-state index in [1.165, 1.54) is 0 Å². The number of rotatable bonds is 4. The van der Waals surface area contributed by atoms with E-state index in [1.54, 1.807) is 0 Å². The SMILES string of the molecule is Cc1nc2ccc(C(=O)N(CC3CCOC3)C3CC3)cc2nc1C. The van der Waals surface area contributed by atoms with Crippen molar-refractivity contribution in [2.75, 3.05) is 19.8 Å². The van der Waals surface area contributed by atoms with E-state index in [-0.39, 0.29) is 5.91 Å². The van der Waals surface area contributed by atoms with Crippen LogP contribution >= 0.6 is 0 Å². The molecule has 2 fully saturated rings. The minimum absolute atomic E-state index is 0.117. The molecule has 1 amide bonds. The van der Waals surface area contributed by atoms with E-state index in [0.29, 0.717) is 17.5 Å². The predicted octanol–water partition coefficient (Wildman–Crippen LogP) is 2.89. The summed E-state index contributed by atoms with van der Waals surface area (Å²) in [6.07, 6.45) is 3.29. The molecular formula is C19H23N3O2. The van der Waals surface area contributed by atoms with E-state index in [4.69, 9.17) is 4.74 Å². The Kier molecular flexibility index (Phi) is 3.96. The molecule has 1 aliphatic carbocycles. The van der Waals surface area contributed by atoms with Crippen molar-refractivity contribution in [1.82, 2.24) is 14.9 Å². The Bertz CT molecular complexity index is 780. The van der Waals surface area contributed by atoms with Crippen LogP contribution in [-0.2, 0) is 4.74 Å². The van der Waals surface area contributed by atoms with E-state index >= 15 is 0 Å². The quantitative estimate of drug-likeness (QED) is 0.867. The van der Waals surface area contributed by atoms with Crippen molar-refractivity contribution in [2.45, 2.75) is 39.2 Å². The summed E-state index contributed by atoms with van der Waals surface area (Å²) < 4.78 is 5.47. The minimum Gasteiger partial charge on any atom is -0.381 e. The normalized spacial score (nSPS) is 20.5. The summed E-state index contributed by atoms with van der Waals surface area (Å²) in [5.41, 5.74) is 4.20. The van der Waals surface area contributed by atoms with Gasteiger partial charge in [-0.3, -0.25) is 4.79 Å². The number of ether oxygens (including phenoxy) is 1. The Morgan fingerprint density at radius 1 is 1.17 bits per heavy atom. The van der Waals surface area contributed by atoms with Crippen LogP contribution in [0.5, 0.6) is 0 Å². The Morgan fingerprint density at radius 3 is 2.58 bits per heavy atom. The topological polar surface area (TPSA) is 55.3 Å². The number of amides is 1. The maximum absolute atomic E-state index is 13.0. The van der Waals surface area contributed by atoms with Gasteiger partial charge in [0.15, 0.2) is 0 Å². The molecule has 1 aromatic carbocycles. The molecule has 1 saturated carbocycles. The van der Waals surface area contributed by atoms with Gasteiger partial charge in [-0.1, -0.05) is 0 Å². The zero-order valence-corrected chi connectivity index (χ0v) is 14.3. The molecule has 1 saturated heterocycles. The molecule has 5 nitrogen and oxygen atoms in total. The monoisotopic (exact) mass is 325 g/mol. The molecule has 0 N–H and O–H groups in total. The van der Waals surface area contributed by atoms with Crippen LogP contribution in [0.25, 0.3) is 11.0 Å². The van der Waals surface area contributed by atoms with Crippen LogP contribution in [0.2, 0.25) is 0 Å². The van der Waals surface area contributed by atoms with Gasteiger partial charge in [0, 0.05) is 30.7 Å². The predicted molar refractivity (Wildman–Crippen MR) is 92.0 cm³/mol. The molecule has 1 unspecified atom stereocenters. The first-order valence-electron chi connectivity index (χ1n) is 8.75. The number of benzene rings is 1. The Hall–Kier alpha value is -2.01. The summed E-state index contributed by atoms with van der Waals surface area (Å²) in [6.45, 7) is 6.31. The highest BCUT2D eigenvalue weighted by Gasteiger charge is 2.35. The highest BCUT2D eigenvalue weighted by atomic mass is 16.5. The van der Waals surface area contributed by atoms with Gasteiger partial charge in [-0.15, -0.1) is 0 Å². The standard InChI is InChI=1S/C19H23N3O2/c1-12-13(2)21-18-9-15(3-6-17(18)20-12)19(23)22(16-4-5-16)10-14-7-8-24-11-14/h3,6,9,14,16H,4-5,7-8,10-11H2,1-2H3. The molecule has 2 aromatic rings. The highest BCUT2D eigenvalue weighted by molar-refractivity contribution is 5.97. The first-order chi connectivity index (χ1) is 11.6. The molecule has 0 radical (unpaired) electrons. The largest absolute Gasteiger partial charge is 0.381 e. The maximum atomic E-state index is 13.0. The third-order valence-corrected chi connectivity index (χ3v) is 5.05. The number of hydrogen-bond donors (Lipinski definition) is 0. The van der Waals surface area contributed by atoms with Gasteiger partial charge >= 0.3 is 0 Å². The fourth-order valence-corrected chi connectivity index (χ4v) is 3.32. The second-order valence-electron chi connectivity index (χ2n) is 7.02. The average molecular weight is 325 g/mol. The van der Waals surface area contributed by atoms with Crippen molar-refractivity contribution in [3.8, 4) is 0 Å². The molecule has 0 bridgehead atoms. The maximum Gasteiger partial charge on any atom is 0.254 e. The molecule has 1 aliphatic heterocycles. The first kappa shape index (κ1) is 15.5. The highest BCUT2D eigenvalue weighted by Crippen LogP contribution is 2.30. The number of nitrogens with zero attached hydrogens (tertiary/aromatic N) is 3. The van der Waals surface area contributed by atoms with Gasteiger partial charge in [-0.2, -0.15) is 0 Å². The first-order valence-corrected chi connectivity index (χ1v) is 8.75. The van der Waals surface area contributed by atoms with Crippen molar-refractivity contribution >= 4 is 16.9 Å². The molecule has 4 rings (SSSR count). The van der Waals surface area contributed by atoms with Crippen molar-refractivity contribution in [3.63, 3.8) is 0 Å². The number of carbonyl (C=O) groups is 1. The van der Waals surface area contributed by atoms with Crippen LogP contribution in [-0.4, -0.2) is 46.6 Å². The van der Waals surface area contributed by atoms with E-state index < -0.39 is 0 Å². The second kappa shape index (κ2) is 6.13. The number of carbonyl (C=O) groups excluding carboxylic acids is 1. The lowest BCUT2D eigenvalue weighted by atomic mass is 10.1. The lowest BCUT2D eigenvalue weighted by Gasteiger charge is -2.25. The Morgan fingerprint density at radius 2 is 1.92 bits per heavy atom. The molecular weight excluding hydrogens is 302 g/mol. The fourth-order valence-electron chi connectivity index (χ4n) is 3.32. The molecule has 5 heteroatoms. The third-order valence-electron chi connectivity index (χ3n) is 5.05. The Labute approximate surface area is 142 Å². The van der Waals surface area contributed by atoms with Gasteiger partial charge in [0.1, 0.15) is 0 Å². The molecule has 126 valence electrons. The lowest BCUT2D eigenvalue weighted by Crippen LogP contribution is -2.37. The molecule has 1 atom stereocenters. The molecule has 2 heterocycles. The molecule has 24 heavy (non-hydrogen) atoms. The van der Waals surface area contributed by atoms with E-state index in [2.05, 4.69) is 14.9 Å². The van der Waals surface area contributed by atoms with E-state index in [1.807, 2.05) is 32.0 Å². The van der Waals surface area contributed by atoms with Gasteiger partial charge < -0.3 is 9.64 Å². The van der Waals surface area contributed by atoms with Gasteiger partial charge in [0.2, 0.25) is 0 Å². The Balaban J connectivity index is 1.61.